The second-order valence-electron chi connectivity index (χ2n) is 9.42. The molecule has 0 fully saturated rings. The zero-order chi connectivity index (χ0) is 27.8. The molecule has 11 nitrogen and oxygen atoms in total. The summed E-state index contributed by atoms with van der Waals surface area (Å²) >= 11 is 0. The maximum Gasteiger partial charge on any atom is 0.488 e. The molecule has 13 heteroatoms. The van der Waals surface area contributed by atoms with E-state index in [1.54, 1.807) is 45.0 Å². The highest BCUT2D eigenvalue weighted by Gasteiger charge is 2.29. The second-order valence-corrected chi connectivity index (χ2v) is 9.42. The summed E-state index contributed by atoms with van der Waals surface area (Å²) in [6, 6.07) is 10.0. The molecule has 37 heavy (non-hydrogen) atoms. The number of ether oxygens (including phenoxy) is 2. The minimum atomic E-state index is -1.65. The maximum absolute atomic E-state index is 13.3. The van der Waals surface area contributed by atoms with Gasteiger partial charge in [0.2, 0.25) is 5.91 Å². The van der Waals surface area contributed by atoms with E-state index in [0.29, 0.717) is 11.1 Å². The summed E-state index contributed by atoms with van der Waals surface area (Å²) in [6.45, 7) is 5.03. The first-order valence-electron chi connectivity index (χ1n) is 11.6. The minimum absolute atomic E-state index is 0.0177. The Kier molecular flexibility index (Phi) is 10.7. The van der Waals surface area contributed by atoms with Crippen molar-refractivity contribution in [2.75, 3.05) is 7.11 Å². The quantitative estimate of drug-likeness (QED) is 0.161. The van der Waals surface area contributed by atoms with E-state index >= 15 is 0 Å². The van der Waals surface area contributed by atoms with E-state index in [2.05, 4.69) is 10.6 Å². The number of hydrogen-bond acceptors (Lipinski definition) is 9. The van der Waals surface area contributed by atoms with Crippen molar-refractivity contribution < 1.29 is 44.0 Å². The van der Waals surface area contributed by atoms with Crippen molar-refractivity contribution in [2.45, 2.75) is 51.3 Å². The van der Waals surface area contributed by atoms with Crippen LogP contribution in [0, 0.1) is 0 Å². The number of hydrogen-bond donors (Lipinski definition) is 6. The zero-order valence-electron chi connectivity index (χ0n) is 21.2. The number of methoxy groups -OCH3 is 1. The first kappa shape index (κ1) is 29.8. The van der Waals surface area contributed by atoms with Gasteiger partial charge in [-0.3, -0.25) is 4.79 Å². The molecule has 0 aliphatic heterocycles. The Balaban J connectivity index is 2.24. The van der Waals surface area contributed by atoms with Gasteiger partial charge in [0.25, 0.3) is 0 Å². The molecule has 2 aromatic carbocycles. The highest BCUT2D eigenvalue weighted by atomic mass is 16.6. The summed E-state index contributed by atoms with van der Waals surface area (Å²) in [5.41, 5.74) is 0.940. The SMILES string of the molecule is COC(=O)[C@H](Cc1ccc(B(O)O)cc1)NC(=O)[C@H](Cc1ccc(B(O)O)cc1)NC(=O)OC(C)(C)C. The van der Waals surface area contributed by atoms with E-state index < -0.39 is 49.9 Å². The van der Waals surface area contributed by atoms with Gasteiger partial charge in [-0.15, -0.1) is 0 Å². The van der Waals surface area contributed by atoms with Crippen LogP contribution in [0.1, 0.15) is 31.9 Å². The molecule has 0 saturated heterocycles. The third-order valence-electron chi connectivity index (χ3n) is 5.25. The van der Waals surface area contributed by atoms with Crippen molar-refractivity contribution in [2.24, 2.45) is 0 Å². The second kappa shape index (κ2) is 13.2. The van der Waals surface area contributed by atoms with Crippen LogP contribution in [0.3, 0.4) is 0 Å². The number of rotatable bonds is 10. The summed E-state index contributed by atoms with van der Waals surface area (Å²) in [6.07, 6.45) is -0.769. The molecular formula is C24H32B2N2O9. The van der Waals surface area contributed by atoms with Crippen LogP contribution in [-0.4, -0.2) is 77.1 Å². The van der Waals surface area contributed by atoms with Crippen molar-refractivity contribution in [3.63, 3.8) is 0 Å². The van der Waals surface area contributed by atoms with E-state index in [0.717, 1.165) is 0 Å². The number of esters is 1. The van der Waals surface area contributed by atoms with Gasteiger partial charge in [-0.25, -0.2) is 9.59 Å². The van der Waals surface area contributed by atoms with Gasteiger partial charge in [-0.1, -0.05) is 48.5 Å². The van der Waals surface area contributed by atoms with Gasteiger partial charge in [-0.2, -0.15) is 0 Å². The fourth-order valence-corrected chi connectivity index (χ4v) is 3.39. The van der Waals surface area contributed by atoms with Crippen LogP contribution in [0.25, 0.3) is 0 Å². The normalized spacial score (nSPS) is 12.6. The Morgan fingerprint density at radius 3 is 1.59 bits per heavy atom. The number of nitrogens with one attached hydrogen (secondary N) is 2. The van der Waals surface area contributed by atoms with Gasteiger partial charge >= 0.3 is 26.3 Å². The summed E-state index contributed by atoms with van der Waals surface area (Å²) in [5.74, 6) is -1.38. The smallest absolute Gasteiger partial charge is 0.467 e. The first-order chi connectivity index (χ1) is 17.3. The molecule has 6 N–H and O–H groups in total. The lowest BCUT2D eigenvalue weighted by atomic mass is 9.80. The molecule has 0 aromatic heterocycles. The summed E-state index contributed by atoms with van der Waals surface area (Å²) in [7, 11) is -2.11. The Morgan fingerprint density at radius 1 is 0.784 bits per heavy atom. The Bertz CT molecular complexity index is 1060. The average molecular weight is 514 g/mol. The molecule has 0 aliphatic carbocycles. The first-order valence-corrected chi connectivity index (χ1v) is 11.6. The van der Waals surface area contributed by atoms with Crippen LogP contribution in [0.2, 0.25) is 0 Å². The van der Waals surface area contributed by atoms with Gasteiger partial charge in [-0.05, 0) is 42.8 Å². The van der Waals surface area contributed by atoms with Crippen molar-refractivity contribution >= 4 is 43.1 Å². The minimum Gasteiger partial charge on any atom is -0.467 e. The van der Waals surface area contributed by atoms with Crippen LogP contribution in [0.15, 0.2) is 48.5 Å². The molecule has 198 valence electrons. The molecule has 0 unspecified atom stereocenters. The van der Waals surface area contributed by atoms with Gasteiger partial charge in [0.1, 0.15) is 17.7 Å². The molecule has 0 radical (unpaired) electrons. The number of carbonyl (C=O) groups excluding carboxylic acids is 3. The largest absolute Gasteiger partial charge is 0.488 e. The number of amides is 2. The van der Waals surface area contributed by atoms with Gasteiger partial charge in [0.15, 0.2) is 0 Å². The van der Waals surface area contributed by atoms with Crippen molar-refractivity contribution in [3.8, 4) is 0 Å². The lowest BCUT2D eigenvalue weighted by molar-refractivity contribution is -0.145. The molecule has 2 aromatic rings. The summed E-state index contributed by atoms with van der Waals surface area (Å²) < 4.78 is 10.1. The molecule has 0 heterocycles. The third-order valence-corrected chi connectivity index (χ3v) is 5.25. The fraction of sp³-hybridized carbons (Fsp3) is 0.375. The molecule has 2 atom stereocenters. The number of carbonyl (C=O) groups is 3. The predicted octanol–water partition coefficient (Wildman–Crippen LogP) is -1.62. The van der Waals surface area contributed by atoms with E-state index in [-0.39, 0.29) is 23.8 Å². The van der Waals surface area contributed by atoms with Crippen LogP contribution < -0.4 is 21.6 Å². The molecular weight excluding hydrogens is 482 g/mol. The van der Waals surface area contributed by atoms with Crippen LogP contribution in [-0.2, 0) is 31.9 Å². The monoisotopic (exact) mass is 514 g/mol. The molecule has 0 aliphatic rings. The Labute approximate surface area is 216 Å². The van der Waals surface area contributed by atoms with Gasteiger partial charge in [0, 0.05) is 12.8 Å². The molecule has 0 bridgehead atoms. The molecule has 2 amide bonds. The lowest BCUT2D eigenvalue weighted by Gasteiger charge is -2.25. The number of benzene rings is 2. The van der Waals surface area contributed by atoms with Crippen molar-refractivity contribution in [1.29, 1.82) is 0 Å². The van der Waals surface area contributed by atoms with Crippen molar-refractivity contribution in [1.82, 2.24) is 10.6 Å². The van der Waals surface area contributed by atoms with Crippen molar-refractivity contribution in [3.05, 3.63) is 59.7 Å². The topological polar surface area (TPSA) is 175 Å². The van der Waals surface area contributed by atoms with E-state index in [1.807, 2.05) is 0 Å². The molecule has 0 saturated carbocycles. The van der Waals surface area contributed by atoms with E-state index in [9.17, 15) is 34.5 Å². The Morgan fingerprint density at radius 2 is 1.22 bits per heavy atom. The fourth-order valence-electron chi connectivity index (χ4n) is 3.39. The predicted molar refractivity (Wildman–Crippen MR) is 137 cm³/mol. The zero-order valence-corrected chi connectivity index (χ0v) is 21.2. The van der Waals surface area contributed by atoms with E-state index in [4.69, 9.17) is 9.47 Å². The standard InChI is InChI=1S/C24H32B2N2O9/c1-24(2,3)37-23(31)28-19(13-15-5-9-17(10-6-15)25(32)33)21(29)27-20(22(30)36-4)14-16-7-11-18(12-8-16)26(34)35/h5-12,19-20,32-35H,13-14H2,1-4H3,(H,27,29)(H,28,31)/t19-,20-/m0/s1. The summed E-state index contributed by atoms with van der Waals surface area (Å²) in [5, 5.41) is 42.3. The highest BCUT2D eigenvalue weighted by Crippen LogP contribution is 2.10. The van der Waals surface area contributed by atoms with Gasteiger partial charge < -0.3 is 40.2 Å². The maximum atomic E-state index is 13.3. The lowest BCUT2D eigenvalue weighted by Crippen LogP contribution is -2.54. The van der Waals surface area contributed by atoms with E-state index in [1.165, 1.54) is 31.4 Å². The molecule has 0 spiro atoms. The van der Waals surface area contributed by atoms with Crippen LogP contribution >= 0.6 is 0 Å². The Hall–Kier alpha value is -3.38. The third kappa shape index (κ3) is 9.89. The number of alkyl carbamates (subject to hydrolysis) is 1. The highest BCUT2D eigenvalue weighted by molar-refractivity contribution is 6.58. The molecule has 2 rings (SSSR count). The average Bonchev–Trinajstić information content (AvgIpc) is 2.82. The summed E-state index contributed by atoms with van der Waals surface area (Å²) in [4.78, 5) is 38.1. The van der Waals surface area contributed by atoms with Crippen LogP contribution in [0.4, 0.5) is 4.79 Å². The van der Waals surface area contributed by atoms with Crippen LogP contribution in [0.5, 0.6) is 0 Å². The van der Waals surface area contributed by atoms with Gasteiger partial charge in [0.05, 0.1) is 7.11 Å².